The van der Waals surface area contributed by atoms with Gasteiger partial charge in [0.25, 0.3) is 0 Å². The quantitative estimate of drug-likeness (QED) is 0.893. The molecule has 1 aromatic heterocycles. The average molecular weight is 272 g/mol. The van der Waals surface area contributed by atoms with Gasteiger partial charge in [-0.15, -0.1) is 11.3 Å². The predicted molar refractivity (Wildman–Crippen MR) is 81.5 cm³/mol. The van der Waals surface area contributed by atoms with E-state index in [-0.39, 0.29) is 0 Å². The smallest absolute Gasteiger partial charge is 0.0476 e. The second kappa shape index (κ2) is 5.87. The van der Waals surface area contributed by atoms with Crippen molar-refractivity contribution in [3.8, 4) is 0 Å². The minimum absolute atomic E-state index is 0.446. The van der Waals surface area contributed by atoms with Gasteiger partial charge in [-0.3, -0.25) is 0 Å². The van der Waals surface area contributed by atoms with E-state index in [1.807, 2.05) is 11.3 Å². The third kappa shape index (κ3) is 2.89. The summed E-state index contributed by atoms with van der Waals surface area (Å²) in [5.41, 5.74) is 2.79. The number of nitrogens with one attached hydrogen (secondary N) is 2. The number of thiophene rings is 1. The molecule has 1 saturated heterocycles. The Morgan fingerprint density at radius 3 is 2.84 bits per heavy atom. The Labute approximate surface area is 118 Å². The number of benzene rings is 1. The molecule has 0 aliphatic carbocycles. The van der Waals surface area contributed by atoms with Crippen LogP contribution in [0.1, 0.15) is 28.5 Å². The molecule has 1 aromatic carbocycles. The van der Waals surface area contributed by atoms with Crippen molar-refractivity contribution < 1.29 is 0 Å². The van der Waals surface area contributed by atoms with Crippen molar-refractivity contribution in [2.24, 2.45) is 0 Å². The number of rotatable bonds is 4. The highest BCUT2D eigenvalue weighted by Crippen LogP contribution is 2.24. The summed E-state index contributed by atoms with van der Waals surface area (Å²) < 4.78 is 0. The van der Waals surface area contributed by atoms with Crippen molar-refractivity contribution >= 4 is 11.3 Å². The summed E-state index contributed by atoms with van der Waals surface area (Å²) in [4.78, 5) is 1.46. The van der Waals surface area contributed by atoms with Crippen molar-refractivity contribution in [3.05, 3.63) is 57.8 Å². The number of hydrogen-bond acceptors (Lipinski definition) is 3. The molecule has 1 aliphatic rings. The Morgan fingerprint density at radius 1 is 1.26 bits per heavy atom. The van der Waals surface area contributed by atoms with Gasteiger partial charge in [0.1, 0.15) is 0 Å². The highest BCUT2D eigenvalue weighted by molar-refractivity contribution is 7.10. The predicted octanol–water partition coefficient (Wildman–Crippen LogP) is 3.25. The fraction of sp³-hybridized carbons (Fsp3) is 0.375. The minimum atomic E-state index is 0.446. The third-order valence-electron chi connectivity index (χ3n) is 3.87. The maximum atomic E-state index is 3.72. The first-order valence-electron chi connectivity index (χ1n) is 6.89. The lowest BCUT2D eigenvalue weighted by Gasteiger charge is -2.21. The molecule has 19 heavy (non-hydrogen) atoms. The van der Waals surface area contributed by atoms with Gasteiger partial charge in [-0.05, 0) is 42.5 Å². The van der Waals surface area contributed by atoms with E-state index in [0.29, 0.717) is 12.1 Å². The molecule has 100 valence electrons. The highest BCUT2D eigenvalue weighted by Gasteiger charge is 2.27. The maximum absolute atomic E-state index is 3.72. The summed E-state index contributed by atoms with van der Waals surface area (Å²) >= 11 is 1.85. The van der Waals surface area contributed by atoms with Gasteiger partial charge < -0.3 is 10.6 Å². The van der Waals surface area contributed by atoms with Gasteiger partial charge in [-0.1, -0.05) is 30.3 Å². The van der Waals surface area contributed by atoms with Crippen LogP contribution in [0.15, 0.2) is 41.8 Å². The first-order chi connectivity index (χ1) is 9.34. The van der Waals surface area contributed by atoms with Crippen molar-refractivity contribution in [1.29, 1.82) is 0 Å². The second-order valence-electron chi connectivity index (χ2n) is 5.15. The molecule has 2 aromatic rings. The summed E-state index contributed by atoms with van der Waals surface area (Å²) in [7, 11) is 0. The average Bonchev–Trinajstić information content (AvgIpc) is 3.06. The number of aryl methyl sites for hydroxylation is 1. The van der Waals surface area contributed by atoms with Crippen molar-refractivity contribution in [2.75, 3.05) is 6.54 Å². The molecule has 1 aliphatic heterocycles. The van der Waals surface area contributed by atoms with E-state index >= 15 is 0 Å². The first-order valence-corrected chi connectivity index (χ1v) is 7.77. The molecule has 0 radical (unpaired) electrons. The van der Waals surface area contributed by atoms with Crippen LogP contribution in [0.2, 0.25) is 0 Å². The van der Waals surface area contributed by atoms with Gasteiger partial charge in [0.15, 0.2) is 0 Å². The molecule has 3 heteroatoms. The Hall–Kier alpha value is -1.16. The number of hydrogen-bond donors (Lipinski definition) is 2. The van der Waals surface area contributed by atoms with Crippen LogP contribution in [0.3, 0.4) is 0 Å². The fourth-order valence-electron chi connectivity index (χ4n) is 2.74. The van der Waals surface area contributed by atoms with Gasteiger partial charge in [0, 0.05) is 23.5 Å². The highest BCUT2D eigenvalue weighted by atomic mass is 32.1. The summed E-state index contributed by atoms with van der Waals surface area (Å²) in [5.74, 6) is 0. The lowest BCUT2D eigenvalue weighted by molar-refractivity contribution is 0.462. The first kappa shape index (κ1) is 12.9. The Kier molecular flexibility index (Phi) is 3.97. The van der Waals surface area contributed by atoms with Gasteiger partial charge in [0.05, 0.1) is 0 Å². The van der Waals surface area contributed by atoms with Gasteiger partial charge in [-0.25, -0.2) is 0 Å². The van der Waals surface area contributed by atoms with Crippen molar-refractivity contribution in [2.45, 2.75) is 32.0 Å². The molecular weight excluding hydrogens is 252 g/mol. The fourth-order valence-corrected chi connectivity index (χ4v) is 3.60. The molecule has 0 saturated carbocycles. The van der Waals surface area contributed by atoms with Gasteiger partial charge >= 0.3 is 0 Å². The van der Waals surface area contributed by atoms with E-state index < -0.39 is 0 Å². The molecule has 0 spiro atoms. The standard InChI is InChI=1S/C16H20N2S/c1-12-8-10-19-15(12)11-18-14-7-9-17-16(14)13-5-3-2-4-6-13/h2-6,8,10,14,16-18H,7,9,11H2,1H3/t14-,16-/m1/s1. The largest absolute Gasteiger partial charge is 0.309 e. The van der Waals surface area contributed by atoms with E-state index in [1.54, 1.807) is 0 Å². The Bertz CT molecular complexity index is 521. The van der Waals surface area contributed by atoms with Crippen LogP contribution in [0.25, 0.3) is 0 Å². The zero-order chi connectivity index (χ0) is 13.1. The molecule has 2 heterocycles. The molecule has 3 rings (SSSR count). The molecule has 0 bridgehead atoms. The van der Waals surface area contributed by atoms with Crippen LogP contribution >= 0.6 is 11.3 Å². The van der Waals surface area contributed by atoms with E-state index in [2.05, 4.69) is 59.3 Å². The van der Waals surface area contributed by atoms with Crippen LogP contribution in [0.5, 0.6) is 0 Å². The molecule has 2 atom stereocenters. The Morgan fingerprint density at radius 2 is 2.11 bits per heavy atom. The monoisotopic (exact) mass is 272 g/mol. The van der Waals surface area contributed by atoms with E-state index in [9.17, 15) is 0 Å². The minimum Gasteiger partial charge on any atom is -0.309 e. The van der Waals surface area contributed by atoms with E-state index in [0.717, 1.165) is 13.1 Å². The zero-order valence-electron chi connectivity index (χ0n) is 11.2. The van der Waals surface area contributed by atoms with Crippen LogP contribution in [-0.4, -0.2) is 12.6 Å². The second-order valence-corrected chi connectivity index (χ2v) is 6.15. The van der Waals surface area contributed by atoms with E-state index in [4.69, 9.17) is 0 Å². The normalized spacial score (nSPS) is 22.8. The van der Waals surface area contributed by atoms with Gasteiger partial charge in [0.2, 0.25) is 0 Å². The van der Waals surface area contributed by atoms with Crippen LogP contribution in [0, 0.1) is 6.92 Å². The molecule has 0 unspecified atom stereocenters. The lowest BCUT2D eigenvalue weighted by atomic mass is 10.0. The van der Waals surface area contributed by atoms with Crippen LogP contribution in [-0.2, 0) is 6.54 Å². The summed E-state index contributed by atoms with van der Waals surface area (Å²) in [6, 6.07) is 13.9. The summed E-state index contributed by atoms with van der Waals surface area (Å²) in [6.07, 6.45) is 1.20. The molecule has 2 N–H and O–H groups in total. The Balaban J connectivity index is 1.66. The van der Waals surface area contributed by atoms with Crippen molar-refractivity contribution in [1.82, 2.24) is 10.6 Å². The van der Waals surface area contributed by atoms with Crippen molar-refractivity contribution in [3.63, 3.8) is 0 Å². The third-order valence-corrected chi connectivity index (χ3v) is 4.90. The van der Waals surface area contributed by atoms with E-state index in [1.165, 1.54) is 22.4 Å². The van der Waals surface area contributed by atoms with Crippen LogP contribution < -0.4 is 10.6 Å². The molecular formula is C16H20N2S. The summed E-state index contributed by atoms with van der Waals surface area (Å²) in [5, 5.41) is 9.50. The summed E-state index contributed by atoms with van der Waals surface area (Å²) in [6.45, 7) is 4.27. The molecule has 0 amide bonds. The SMILES string of the molecule is Cc1ccsc1CN[C@@H]1CCN[C@@H]1c1ccccc1. The molecule has 2 nitrogen and oxygen atoms in total. The van der Waals surface area contributed by atoms with Crippen LogP contribution in [0.4, 0.5) is 0 Å². The topological polar surface area (TPSA) is 24.1 Å². The molecule has 1 fully saturated rings. The lowest BCUT2D eigenvalue weighted by Crippen LogP contribution is -2.33. The maximum Gasteiger partial charge on any atom is 0.0476 e. The van der Waals surface area contributed by atoms with Gasteiger partial charge in [-0.2, -0.15) is 0 Å². The zero-order valence-corrected chi connectivity index (χ0v) is 12.0.